The Morgan fingerprint density at radius 2 is 1.88 bits per heavy atom. The van der Waals surface area contributed by atoms with Gasteiger partial charge in [-0.1, -0.05) is 28.1 Å². The summed E-state index contributed by atoms with van der Waals surface area (Å²) in [6.07, 6.45) is 1.74. The highest BCUT2D eigenvalue weighted by molar-refractivity contribution is 9.10. The molecular weight excluding hydrogens is 266 g/mol. The number of hydrogen-bond acceptors (Lipinski definition) is 2. The summed E-state index contributed by atoms with van der Waals surface area (Å²) >= 11 is 3.41. The van der Waals surface area contributed by atoms with Crippen LogP contribution in [0.1, 0.15) is 0 Å². The van der Waals surface area contributed by atoms with E-state index in [4.69, 9.17) is 0 Å². The van der Waals surface area contributed by atoms with Crippen LogP contribution in [0.4, 0.5) is 0 Å². The first-order chi connectivity index (χ1) is 7.83. The topological polar surface area (TPSA) is 41.6 Å². The van der Waals surface area contributed by atoms with Gasteiger partial charge >= 0.3 is 0 Å². The van der Waals surface area contributed by atoms with Gasteiger partial charge in [-0.25, -0.2) is 9.97 Å². The summed E-state index contributed by atoms with van der Waals surface area (Å²) in [6, 6.07) is 11.9. The molecule has 2 aromatic heterocycles. The fourth-order valence-corrected chi connectivity index (χ4v) is 1.85. The van der Waals surface area contributed by atoms with Crippen molar-refractivity contribution in [3.63, 3.8) is 0 Å². The monoisotopic (exact) mass is 273 g/mol. The summed E-state index contributed by atoms with van der Waals surface area (Å²) in [5.74, 6) is 0.848. The van der Waals surface area contributed by atoms with E-state index in [2.05, 4.69) is 30.9 Å². The number of benzene rings is 1. The molecule has 0 aliphatic rings. The zero-order valence-electron chi connectivity index (χ0n) is 8.31. The molecule has 0 aliphatic heterocycles. The Morgan fingerprint density at radius 1 is 1.06 bits per heavy atom. The summed E-state index contributed by atoms with van der Waals surface area (Å²) in [4.78, 5) is 11.9. The van der Waals surface area contributed by atoms with Gasteiger partial charge in [0.2, 0.25) is 0 Å². The molecule has 4 heteroatoms. The third-order valence-corrected chi connectivity index (χ3v) is 2.90. The lowest BCUT2D eigenvalue weighted by atomic mass is 10.2. The molecule has 1 N–H and O–H groups in total. The summed E-state index contributed by atoms with van der Waals surface area (Å²) in [5, 5.41) is 0. The minimum atomic E-state index is 0.750. The van der Waals surface area contributed by atoms with Gasteiger partial charge in [-0.3, -0.25) is 0 Å². The second-order valence-corrected chi connectivity index (χ2v) is 4.38. The second-order valence-electron chi connectivity index (χ2n) is 3.47. The van der Waals surface area contributed by atoms with Gasteiger partial charge in [-0.2, -0.15) is 0 Å². The molecule has 0 atom stereocenters. The number of nitrogens with zero attached hydrogens (tertiary/aromatic N) is 2. The maximum absolute atomic E-state index is 4.43. The fraction of sp³-hybridized carbons (Fsp3) is 0. The molecule has 0 saturated heterocycles. The van der Waals surface area contributed by atoms with Crippen molar-refractivity contribution in [2.75, 3.05) is 0 Å². The van der Waals surface area contributed by atoms with E-state index in [1.165, 1.54) is 0 Å². The summed E-state index contributed by atoms with van der Waals surface area (Å²) in [6.45, 7) is 0. The van der Waals surface area contributed by atoms with Crippen LogP contribution in [-0.4, -0.2) is 15.0 Å². The first kappa shape index (κ1) is 9.54. The van der Waals surface area contributed by atoms with Gasteiger partial charge in [0.15, 0.2) is 5.65 Å². The van der Waals surface area contributed by atoms with Gasteiger partial charge in [0.05, 0.1) is 5.52 Å². The van der Waals surface area contributed by atoms with Gasteiger partial charge in [0.25, 0.3) is 0 Å². The van der Waals surface area contributed by atoms with Crippen molar-refractivity contribution in [3.05, 3.63) is 47.1 Å². The molecule has 3 rings (SSSR count). The largest absolute Gasteiger partial charge is 0.337 e. The van der Waals surface area contributed by atoms with Gasteiger partial charge in [-0.05, 0) is 24.3 Å². The third kappa shape index (κ3) is 1.61. The first-order valence-corrected chi connectivity index (χ1v) is 5.69. The highest BCUT2D eigenvalue weighted by Crippen LogP contribution is 2.21. The number of imidazole rings is 1. The SMILES string of the molecule is Brc1ccc(-c2nc3ncccc3[nH]2)cc1. The second kappa shape index (κ2) is 3.72. The maximum atomic E-state index is 4.43. The Morgan fingerprint density at radius 3 is 2.62 bits per heavy atom. The quantitative estimate of drug-likeness (QED) is 0.739. The van der Waals surface area contributed by atoms with E-state index in [1.807, 2.05) is 36.4 Å². The van der Waals surface area contributed by atoms with Crippen LogP contribution in [0.2, 0.25) is 0 Å². The number of aromatic nitrogens is 3. The van der Waals surface area contributed by atoms with Crippen LogP contribution in [0.3, 0.4) is 0 Å². The molecule has 2 heterocycles. The lowest BCUT2D eigenvalue weighted by Gasteiger charge is -1.95. The molecule has 0 saturated carbocycles. The average Bonchev–Trinajstić information content (AvgIpc) is 2.73. The van der Waals surface area contributed by atoms with E-state index in [-0.39, 0.29) is 0 Å². The molecule has 0 radical (unpaired) electrons. The molecular formula is C12H8BrN3. The van der Waals surface area contributed by atoms with E-state index in [0.29, 0.717) is 0 Å². The highest BCUT2D eigenvalue weighted by atomic mass is 79.9. The van der Waals surface area contributed by atoms with Crippen molar-refractivity contribution in [2.24, 2.45) is 0 Å². The number of nitrogens with one attached hydrogen (secondary N) is 1. The number of pyridine rings is 1. The van der Waals surface area contributed by atoms with Crippen molar-refractivity contribution in [1.29, 1.82) is 0 Å². The Kier molecular flexibility index (Phi) is 2.22. The summed E-state index contributed by atoms with van der Waals surface area (Å²) < 4.78 is 1.06. The lowest BCUT2D eigenvalue weighted by molar-refractivity contribution is 1.30. The van der Waals surface area contributed by atoms with Crippen LogP contribution < -0.4 is 0 Å². The zero-order valence-corrected chi connectivity index (χ0v) is 9.90. The van der Waals surface area contributed by atoms with Crippen LogP contribution in [0, 0.1) is 0 Å². The third-order valence-electron chi connectivity index (χ3n) is 2.38. The van der Waals surface area contributed by atoms with Gasteiger partial charge in [0, 0.05) is 16.2 Å². The van der Waals surface area contributed by atoms with Gasteiger partial charge < -0.3 is 4.98 Å². The molecule has 16 heavy (non-hydrogen) atoms. The lowest BCUT2D eigenvalue weighted by Crippen LogP contribution is -1.79. The number of H-pyrrole nitrogens is 1. The van der Waals surface area contributed by atoms with Gasteiger partial charge in [-0.15, -0.1) is 0 Å². The fourth-order valence-electron chi connectivity index (χ4n) is 1.59. The minimum absolute atomic E-state index is 0.750. The van der Waals surface area contributed by atoms with Crippen LogP contribution in [-0.2, 0) is 0 Å². The molecule has 0 amide bonds. The number of halogens is 1. The first-order valence-electron chi connectivity index (χ1n) is 4.89. The van der Waals surface area contributed by atoms with Crippen molar-refractivity contribution in [3.8, 4) is 11.4 Å². The molecule has 0 unspecified atom stereocenters. The normalized spacial score (nSPS) is 10.8. The van der Waals surface area contributed by atoms with Gasteiger partial charge in [0.1, 0.15) is 5.82 Å². The van der Waals surface area contributed by atoms with E-state index in [9.17, 15) is 0 Å². The predicted octanol–water partition coefficient (Wildman–Crippen LogP) is 3.39. The predicted molar refractivity (Wildman–Crippen MR) is 67.0 cm³/mol. The van der Waals surface area contributed by atoms with E-state index < -0.39 is 0 Å². The average molecular weight is 274 g/mol. The minimum Gasteiger partial charge on any atom is -0.337 e. The molecule has 1 aromatic carbocycles. The van der Waals surface area contributed by atoms with Crippen LogP contribution in [0.5, 0.6) is 0 Å². The molecule has 0 aliphatic carbocycles. The van der Waals surface area contributed by atoms with E-state index in [0.717, 1.165) is 27.0 Å². The van der Waals surface area contributed by atoms with Crippen LogP contribution in [0.15, 0.2) is 47.1 Å². The highest BCUT2D eigenvalue weighted by Gasteiger charge is 2.04. The summed E-state index contributed by atoms with van der Waals surface area (Å²) in [7, 11) is 0. The number of fused-ring (bicyclic) bond motifs is 1. The molecule has 78 valence electrons. The van der Waals surface area contributed by atoms with Crippen LogP contribution in [0.25, 0.3) is 22.6 Å². The Bertz CT molecular complexity index is 595. The van der Waals surface area contributed by atoms with Crippen LogP contribution >= 0.6 is 15.9 Å². The molecule has 3 nitrogen and oxygen atoms in total. The van der Waals surface area contributed by atoms with Crippen molar-refractivity contribution < 1.29 is 0 Å². The van der Waals surface area contributed by atoms with Crippen molar-refractivity contribution in [2.45, 2.75) is 0 Å². The molecule has 3 aromatic rings. The number of hydrogen-bond donors (Lipinski definition) is 1. The van der Waals surface area contributed by atoms with E-state index in [1.54, 1.807) is 6.20 Å². The molecule has 0 fully saturated rings. The number of aromatic amines is 1. The van der Waals surface area contributed by atoms with Crippen molar-refractivity contribution in [1.82, 2.24) is 15.0 Å². The Labute approximate surface area is 101 Å². The van der Waals surface area contributed by atoms with Crippen molar-refractivity contribution >= 4 is 27.1 Å². The standard InChI is InChI=1S/C12H8BrN3/c13-9-5-3-8(4-6-9)11-15-10-2-1-7-14-12(10)16-11/h1-7H,(H,14,15,16). The van der Waals surface area contributed by atoms with E-state index >= 15 is 0 Å². The molecule has 0 bridgehead atoms. The summed E-state index contributed by atoms with van der Waals surface area (Å²) in [5.41, 5.74) is 2.77. The maximum Gasteiger partial charge on any atom is 0.178 e. The molecule has 0 spiro atoms. The Hall–Kier alpha value is -1.68. The zero-order chi connectivity index (χ0) is 11.0. The number of rotatable bonds is 1. The smallest absolute Gasteiger partial charge is 0.178 e. The Balaban J connectivity index is 2.15.